The number of carbonyl (C=O) groups excluding carboxylic acids is 1. The van der Waals surface area contributed by atoms with E-state index in [0.29, 0.717) is 18.1 Å². The summed E-state index contributed by atoms with van der Waals surface area (Å²) in [5.74, 6) is 1.72. The molecule has 2 rings (SSSR count). The van der Waals surface area contributed by atoms with Crippen LogP contribution in [0.1, 0.15) is 62.1 Å². The van der Waals surface area contributed by atoms with E-state index in [-0.39, 0.29) is 0 Å². The monoisotopic (exact) mass is 278 g/mol. The van der Waals surface area contributed by atoms with Crippen LogP contribution in [0.3, 0.4) is 0 Å². The van der Waals surface area contributed by atoms with Crippen LogP contribution in [0, 0.1) is 11.8 Å². The van der Waals surface area contributed by atoms with Crippen molar-refractivity contribution in [3.63, 3.8) is 0 Å². The molecule has 1 aromatic heterocycles. The second kappa shape index (κ2) is 7.23. The molecule has 1 aliphatic rings. The molecule has 0 spiro atoms. The highest BCUT2D eigenvalue weighted by molar-refractivity contribution is 7.12. The van der Waals surface area contributed by atoms with E-state index in [2.05, 4.69) is 26.0 Å². The van der Waals surface area contributed by atoms with Crippen molar-refractivity contribution < 1.29 is 4.79 Å². The number of rotatable bonds is 6. The summed E-state index contributed by atoms with van der Waals surface area (Å²) < 4.78 is 0. The second-order valence-electron chi connectivity index (χ2n) is 5.87. The summed E-state index contributed by atoms with van der Waals surface area (Å²) in [6.07, 6.45) is 9.22. The zero-order chi connectivity index (χ0) is 13.7. The summed E-state index contributed by atoms with van der Waals surface area (Å²) in [6.45, 7) is 4.44. The van der Waals surface area contributed by atoms with Crippen molar-refractivity contribution in [2.45, 2.75) is 65.2 Å². The molecule has 0 aromatic carbocycles. The molecule has 1 nitrogen and oxygen atoms in total. The molecule has 0 radical (unpaired) electrons. The molecule has 1 aliphatic carbocycles. The Hall–Kier alpha value is -0.630. The summed E-state index contributed by atoms with van der Waals surface area (Å²) >= 11 is 1.81. The van der Waals surface area contributed by atoms with E-state index in [1.807, 2.05) is 11.3 Å². The number of hydrogen-bond donors (Lipinski definition) is 0. The zero-order valence-corrected chi connectivity index (χ0v) is 13.1. The molecule has 0 bridgehead atoms. The molecule has 0 N–H and O–H groups in total. The summed E-state index contributed by atoms with van der Waals surface area (Å²) in [4.78, 5) is 15.0. The lowest BCUT2D eigenvalue weighted by atomic mass is 9.78. The van der Waals surface area contributed by atoms with Crippen LogP contribution in [-0.4, -0.2) is 5.78 Å². The zero-order valence-electron chi connectivity index (χ0n) is 12.3. The Morgan fingerprint density at radius 2 is 1.84 bits per heavy atom. The summed E-state index contributed by atoms with van der Waals surface area (Å²) in [5, 5.41) is 0. The van der Waals surface area contributed by atoms with Crippen LogP contribution in [0.15, 0.2) is 12.1 Å². The normalized spacial score (nSPS) is 23.5. The first-order valence-corrected chi connectivity index (χ1v) is 8.64. The van der Waals surface area contributed by atoms with Crippen LogP contribution >= 0.6 is 11.3 Å². The van der Waals surface area contributed by atoms with Gasteiger partial charge in [-0.05, 0) is 50.2 Å². The number of hydrogen-bond acceptors (Lipinski definition) is 2. The lowest BCUT2D eigenvalue weighted by Crippen LogP contribution is -2.23. The maximum Gasteiger partial charge on any atom is 0.141 e. The molecule has 0 atom stereocenters. The number of thiophene rings is 1. The van der Waals surface area contributed by atoms with E-state index >= 15 is 0 Å². The highest BCUT2D eigenvalue weighted by Gasteiger charge is 2.25. The molecule has 19 heavy (non-hydrogen) atoms. The molecule has 0 unspecified atom stereocenters. The Morgan fingerprint density at radius 3 is 2.42 bits per heavy atom. The first kappa shape index (κ1) is 14.8. The maximum absolute atomic E-state index is 12.3. The number of ketones is 1. The van der Waals surface area contributed by atoms with Crippen LogP contribution in [0.2, 0.25) is 0 Å². The van der Waals surface area contributed by atoms with E-state index in [4.69, 9.17) is 0 Å². The van der Waals surface area contributed by atoms with E-state index in [0.717, 1.165) is 25.2 Å². The minimum Gasteiger partial charge on any atom is -0.299 e. The third-order valence-corrected chi connectivity index (χ3v) is 5.64. The predicted molar refractivity (Wildman–Crippen MR) is 82.8 cm³/mol. The van der Waals surface area contributed by atoms with Crippen LogP contribution in [-0.2, 0) is 17.6 Å². The van der Waals surface area contributed by atoms with Gasteiger partial charge >= 0.3 is 0 Å². The van der Waals surface area contributed by atoms with Crippen LogP contribution < -0.4 is 0 Å². The molecule has 0 amide bonds. The van der Waals surface area contributed by atoms with Gasteiger partial charge in [-0.25, -0.2) is 0 Å². The minimum absolute atomic E-state index is 0.347. The van der Waals surface area contributed by atoms with Crippen molar-refractivity contribution in [2.24, 2.45) is 11.8 Å². The molecule has 1 aromatic rings. The summed E-state index contributed by atoms with van der Waals surface area (Å²) in [5.41, 5.74) is 0. The molecule has 1 heterocycles. The molecule has 0 aliphatic heterocycles. The van der Waals surface area contributed by atoms with Gasteiger partial charge in [-0.2, -0.15) is 0 Å². The lowest BCUT2D eigenvalue weighted by molar-refractivity contribution is -0.123. The van der Waals surface area contributed by atoms with Gasteiger partial charge in [-0.1, -0.05) is 26.7 Å². The molecule has 2 heteroatoms. The SMILES string of the molecule is CCCC1CCC(C(=O)Cc2ccc(CC)s2)CC1. The molecular formula is C17H26OS. The van der Waals surface area contributed by atoms with Crippen molar-refractivity contribution in [3.8, 4) is 0 Å². The van der Waals surface area contributed by atoms with Gasteiger partial charge < -0.3 is 0 Å². The Bertz CT molecular complexity index is 399. The quantitative estimate of drug-likeness (QED) is 0.713. The van der Waals surface area contributed by atoms with Crippen molar-refractivity contribution >= 4 is 17.1 Å². The van der Waals surface area contributed by atoms with Crippen molar-refractivity contribution in [1.29, 1.82) is 0 Å². The second-order valence-corrected chi connectivity index (χ2v) is 7.12. The fourth-order valence-electron chi connectivity index (χ4n) is 3.20. The number of aryl methyl sites for hydroxylation is 1. The van der Waals surface area contributed by atoms with Gasteiger partial charge in [0.1, 0.15) is 5.78 Å². The maximum atomic E-state index is 12.3. The highest BCUT2D eigenvalue weighted by Crippen LogP contribution is 2.33. The Balaban J connectivity index is 1.81. The molecular weight excluding hydrogens is 252 g/mol. The van der Waals surface area contributed by atoms with E-state index in [1.165, 1.54) is 35.4 Å². The first-order chi connectivity index (χ1) is 9.22. The van der Waals surface area contributed by atoms with Gasteiger partial charge in [0.05, 0.1) is 0 Å². The molecule has 1 saturated carbocycles. The summed E-state index contributed by atoms with van der Waals surface area (Å²) in [6, 6.07) is 4.32. The Kier molecular flexibility index (Phi) is 5.62. The molecule has 1 fully saturated rings. The van der Waals surface area contributed by atoms with Gasteiger partial charge in [0.25, 0.3) is 0 Å². The average Bonchev–Trinajstić information content (AvgIpc) is 2.87. The Labute approximate surface area is 121 Å². The van der Waals surface area contributed by atoms with Crippen LogP contribution in [0.4, 0.5) is 0 Å². The standard InChI is InChI=1S/C17H26OS/c1-3-5-13-6-8-14(9-7-13)17(18)12-16-11-10-15(4-2)19-16/h10-11,13-14H,3-9,12H2,1-2H3. The highest BCUT2D eigenvalue weighted by atomic mass is 32.1. The minimum atomic E-state index is 0.347. The third kappa shape index (κ3) is 4.17. The predicted octanol–water partition coefficient (Wildman–Crippen LogP) is 5.03. The van der Waals surface area contributed by atoms with Gasteiger partial charge in [0, 0.05) is 22.1 Å². The van der Waals surface area contributed by atoms with Gasteiger partial charge in [-0.15, -0.1) is 11.3 Å². The van der Waals surface area contributed by atoms with E-state index in [9.17, 15) is 4.79 Å². The third-order valence-electron chi connectivity index (χ3n) is 4.41. The number of Topliss-reactive ketones (excluding diaryl/α,β-unsaturated/α-hetero) is 1. The topological polar surface area (TPSA) is 17.1 Å². The van der Waals surface area contributed by atoms with E-state index < -0.39 is 0 Å². The van der Waals surface area contributed by atoms with Gasteiger partial charge in [0.15, 0.2) is 0 Å². The fourth-order valence-corrected chi connectivity index (χ4v) is 4.17. The fraction of sp³-hybridized carbons (Fsp3) is 0.706. The van der Waals surface area contributed by atoms with Crippen molar-refractivity contribution in [1.82, 2.24) is 0 Å². The average molecular weight is 278 g/mol. The number of carbonyl (C=O) groups is 1. The van der Waals surface area contributed by atoms with Crippen molar-refractivity contribution in [3.05, 3.63) is 21.9 Å². The lowest BCUT2D eigenvalue weighted by Gasteiger charge is -2.27. The first-order valence-electron chi connectivity index (χ1n) is 7.83. The Morgan fingerprint density at radius 1 is 1.16 bits per heavy atom. The summed E-state index contributed by atoms with van der Waals surface area (Å²) in [7, 11) is 0. The van der Waals surface area contributed by atoms with Gasteiger partial charge in [0.2, 0.25) is 0 Å². The van der Waals surface area contributed by atoms with Crippen molar-refractivity contribution in [2.75, 3.05) is 0 Å². The largest absolute Gasteiger partial charge is 0.299 e. The molecule has 106 valence electrons. The van der Waals surface area contributed by atoms with Gasteiger partial charge in [-0.3, -0.25) is 4.79 Å². The van der Waals surface area contributed by atoms with Crippen LogP contribution in [0.25, 0.3) is 0 Å². The molecule has 0 saturated heterocycles. The van der Waals surface area contributed by atoms with Crippen LogP contribution in [0.5, 0.6) is 0 Å². The smallest absolute Gasteiger partial charge is 0.141 e. The van der Waals surface area contributed by atoms with E-state index in [1.54, 1.807) is 0 Å².